The smallest absolute Gasteiger partial charge is 0.226 e. The summed E-state index contributed by atoms with van der Waals surface area (Å²) < 4.78 is 0. The molecule has 2 unspecified atom stereocenters. The lowest BCUT2D eigenvalue weighted by Gasteiger charge is -2.35. The number of nitrogens with two attached hydrogens (primary N) is 1. The average Bonchev–Trinajstić information content (AvgIpc) is 2.67. The summed E-state index contributed by atoms with van der Waals surface area (Å²) in [7, 11) is 1.97. The van der Waals surface area contributed by atoms with E-state index in [-0.39, 0.29) is 0 Å². The van der Waals surface area contributed by atoms with Gasteiger partial charge in [0.15, 0.2) is 0 Å². The van der Waals surface area contributed by atoms with Gasteiger partial charge < -0.3 is 10.6 Å². The van der Waals surface area contributed by atoms with Crippen molar-refractivity contribution in [3.8, 4) is 0 Å². The van der Waals surface area contributed by atoms with Crippen molar-refractivity contribution >= 4 is 5.91 Å². The summed E-state index contributed by atoms with van der Waals surface area (Å²) in [6, 6.07) is 0.397. The van der Waals surface area contributed by atoms with E-state index in [1.54, 1.807) is 0 Å². The van der Waals surface area contributed by atoms with Gasteiger partial charge in [0.25, 0.3) is 0 Å². The van der Waals surface area contributed by atoms with E-state index in [1.165, 1.54) is 19.3 Å². The zero-order valence-electron chi connectivity index (χ0n) is 10.1. The van der Waals surface area contributed by atoms with E-state index in [9.17, 15) is 4.79 Å². The van der Waals surface area contributed by atoms with Gasteiger partial charge in [-0.05, 0) is 43.4 Å². The molecule has 0 bridgehead atoms. The number of fused-ring (bicyclic) bond motifs is 1. The van der Waals surface area contributed by atoms with Crippen LogP contribution in [-0.4, -0.2) is 30.4 Å². The number of carbonyl (C=O) groups excluding carboxylic acids is 1. The van der Waals surface area contributed by atoms with Crippen LogP contribution in [-0.2, 0) is 4.79 Å². The molecule has 3 fully saturated rings. The Balaban J connectivity index is 1.48. The third kappa shape index (κ3) is 1.65. The number of amides is 1. The molecule has 16 heavy (non-hydrogen) atoms. The summed E-state index contributed by atoms with van der Waals surface area (Å²) in [4.78, 5) is 14.1. The molecule has 0 aromatic rings. The quantitative estimate of drug-likeness (QED) is 0.780. The van der Waals surface area contributed by atoms with Crippen LogP contribution in [0.4, 0.5) is 0 Å². The summed E-state index contributed by atoms with van der Waals surface area (Å²) in [5.41, 5.74) is 5.76. The lowest BCUT2D eigenvalue weighted by atomic mass is 9.80. The van der Waals surface area contributed by atoms with E-state index < -0.39 is 0 Å². The van der Waals surface area contributed by atoms with Gasteiger partial charge in [0.05, 0.1) is 0 Å². The summed E-state index contributed by atoms with van der Waals surface area (Å²) in [5.74, 6) is 2.97. The Hall–Kier alpha value is -0.570. The highest BCUT2D eigenvalue weighted by Gasteiger charge is 2.57. The normalized spacial score (nSPS) is 44.8. The maximum Gasteiger partial charge on any atom is 0.226 e. The molecular formula is C13H22N2O. The van der Waals surface area contributed by atoms with Gasteiger partial charge >= 0.3 is 0 Å². The minimum atomic E-state index is 0.396. The highest BCUT2D eigenvalue weighted by Crippen LogP contribution is 2.58. The van der Waals surface area contributed by atoms with Crippen molar-refractivity contribution in [2.24, 2.45) is 29.4 Å². The van der Waals surface area contributed by atoms with Crippen molar-refractivity contribution in [2.75, 3.05) is 13.6 Å². The van der Waals surface area contributed by atoms with Gasteiger partial charge in [-0.15, -0.1) is 0 Å². The third-order valence-corrected chi connectivity index (χ3v) is 4.87. The second-order valence-corrected chi connectivity index (χ2v) is 6.10. The van der Waals surface area contributed by atoms with Crippen molar-refractivity contribution in [3.05, 3.63) is 0 Å². The van der Waals surface area contributed by atoms with Crippen LogP contribution >= 0.6 is 0 Å². The Bertz CT molecular complexity index is 288. The van der Waals surface area contributed by atoms with Crippen LogP contribution in [0, 0.1) is 23.7 Å². The van der Waals surface area contributed by atoms with Gasteiger partial charge in [-0.3, -0.25) is 4.79 Å². The molecule has 0 heterocycles. The van der Waals surface area contributed by atoms with Gasteiger partial charge in [-0.25, -0.2) is 0 Å². The third-order valence-electron chi connectivity index (χ3n) is 4.87. The number of rotatable bonds is 3. The fraction of sp³-hybridized carbons (Fsp3) is 0.923. The van der Waals surface area contributed by atoms with Gasteiger partial charge in [0.1, 0.15) is 0 Å². The molecule has 0 aromatic heterocycles. The minimum absolute atomic E-state index is 0.396. The van der Waals surface area contributed by atoms with E-state index in [2.05, 4.69) is 0 Å². The van der Waals surface area contributed by atoms with Gasteiger partial charge in [-0.1, -0.05) is 6.42 Å². The van der Waals surface area contributed by atoms with Gasteiger partial charge in [0.2, 0.25) is 5.91 Å². The highest BCUT2D eigenvalue weighted by atomic mass is 16.2. The summed E-state index contributed by atoms with van der Waals surface area (Å²) in [6.45, 7) is 0.933. The van der Waals surface area contributed by atoms with Crippen molar-refractivity contribution in [2.45, 2.75) is 38.1 Å². The predicted octanol–water partition coefficient (Wildman–Crippen LogP) is 1.23. The first-order valence-corrected chi connectivity index (χ1v) is 6.67. The standard InChI is InChI=1S/C13H22N2O/c1-15(7-8-5-9(14)6-8)13(16)12-10-3-2-4-11(10)12/h8-12H,2-7,14H2,1H3. The Morgan fingerprint density at radius 2 is 1.94 bits per heavy atom. The fourth-order valence-corrected chi connectivity index (χ4v) is 3.86. The van der Waals surface area contributed by atoms with Crippen LogP contribution in [0.15, 0.2) is 0 Å². The van der Waals surface area contributed by atoms with Gasteiger partial charge in [-0.2, -0.15) is 0 Å². The molecule has 3 saturated carbocycles. The van der Waals surface area contributed by atoms with E-state index in [0.717, 1.165) is 31.2 Å². The zero-order valence-corrected chi connectivity index (χ0v) is 10.1. The Morgan fingerprint density at radius 3 is 2.50 bits per heavy atom. The number of carbonyl (C=O) groups is 1. The average molecular weight is 222 g/mol. The first kappa shape index (κ1) is 10.6. The topological polar surface area (TPSA) is 46.3 Å². The minimum Gasteiger partial charge on any atom is -0.345 e. The number of hydrogen-bond donors (Lipinski definition) is 1. The molecule has 3 rings (SSSR count). The molecule has 0 aliphatic heterocycles. The van der Waals surface area contributed by atoms with Crippen LogP contribution in [0.5, 0.6) is 0 Å². The van der Waals surface area contributed by atoms with Crippen LogP contribution in [0.1, 0.15) is 32.1 Å². The maximum absolute atomic E-state index is 12.2. The Morgan fingerprint density at radius 1 is 1.31 bits per heavy atom. The Labute approximate surface area is 97.4 Å². The first-order valence-electron chi connectivity index (χ1n) is 6.67. The molecule has 3 nitrogen and oxygen atoms in total. The van der Waals surface area contributed by atoms with Crippen molar-refractivity contribution in [1.29, 1.82) is 0 Å². The monoisotopic (exact) mass is 222 g/mol. The molecule has 2 N–H and O–H groups in total. The van der Waals surface area contributed by atoms with Crippen LogP contribution < -0.4 is 5.73 Å². The highest BCUT2D eigenvalue weighted by molar-refractivity contribution is 5.82. The fourth-order valence-electron chi connectivity index (χ4n) is 3.86. The molecule has 0 aromatic carbocycles. The molecule has 90 valence electrons. The molecule has 3 aliphatic carbocycles. The summed E-state index contributed by atoms with van der Waals surface area (Å²) >= 11 is 0. The van der Waals surface area contributed by atoms with Crippen LogP contribution in [0.25, 0.3) is 0 Å². The second kappa shape index (κ2) is 3.73. The van der Waals surface area contributed by atoms with E-state index in [1.807, 2.05) is 11.9 Å². The van der Waals surface area contributed by atoms with Crippen molar-refractivity contribution < 1.29 is 4.79 Å². The first-order chi connectivity index (χ1) is 7.66. The summed E-state index contributed by atoms with van der Waals surface area (Å²) in [6.07, 6.45) is 6.15. The SMILES string of the molecule is CN(CC1CC(N)C1)C(=O)C1C2CCCC21. The van der Waals surface area contributed by atoms with E-state index >= 15 is 0 Å². The van der Waals surface area contributed by atoms with Crippen LogP contribution in [0.2, 0.25) is 0 Å². The lowest BCUT2D eigenvalue weighted by Crippen LogP contribution is -2.43. The largest absolute Gasteiger partial charge is 0.345 e. The summed E-state index contributed by atoms with van der Waals surface area (Å²) in [5, 5.41) is 0. The molecule has 0 spiro atoms. The number of hydrogen-bond acceptors (Lipinski definition) is 2. The molecule has 1 amide bonds. The maximum atomic E-state index is 12.2. The molecule has 0 saturated heterocycles. The molecule has 3 heteroatoms. The predicted molar refractivity (Wildman–Crippen MR) is 62.7 cm³/mol. The lowest BCUT2D eigenvalue weighted by molar-refractivity contribution is -0.133. The molecule has 3 aliphatic rings. The van der Waals surface area contributed by atoms with E-state index in [0.29, 0.717) is 23.8 Å². The van der Waals surface area contributed by atoms with Crippen LogP contribution in [0.3, 0.4) is 0 Å². The van der Waals surface area contributed by atoms with Gasteiger partial charge in [0, 0.05) is 25.6 Å². The molecule has 0 radical (unpaired) electrons. The van der Waals surface area contributed by atoms with Crippen molar-refractivity contribution in [3.63, 3.8) is 0 Å². The van der Waals surface area contributed by atoms with Crippen molar-refractivity contribution in [1.82, 2.24) is 4.90 Å². The number of nitrogens with zero attached hydrogens (tertiary/aromatic N) is 1. The van der Waals surface area contributed by atoms with E-state index in [4.69, 9.17) is 5.73 Å². The molecular weight excluding hydrogens is 200 g/mol. The zero-order chi connectivity index (χ0) is 11.3. The second-order valence-electron chi connectivity index (χ2n) is 6.10. The molecule has 2 atom stereocenters. The Kier molecular flexibility index (Phi) is 2.46.